The summed E-state index contributed by atoms with van der Waals surface area (Å²) in [5.41, 5.74) is 5.54. The van der Waals surface area contributed by atoms with Crippen LogP contribution in [0.15, 0.2) is 22.3 Å². The van der Waals surface area contributed by atoms with Crippen molar-refractivity contribution in [3.05, 3.63) is 28.7 Å². The second-order valence-electron chi connectivity index (χ2n) is 2.83. The van der Waals surface area contributed by atoms with Crippen LogP contribution in [-0.2, 0) is 0 Å². The second kappa shape index (κ2) is 2.61. The molecule has 0 aliphatic heterocycles. The fourth-order valence-electron chi connectivity index (χ4n) is 1.27. The molecule has 0 unspecified atom stereocenters. The Labute approximate surface area is 63.6 Å². The molecule has 0 atom stereocenters. The maximum Gasteiger partial charge on any atom is 0.0416 e. The molecular weight excluding hydrogens is 120 g/mol. The van der Waals surface area contributed by atoms with Gasteiger partial charge in [0.15, 0.2) is 0 Å². The average Bonchev–Trinajstić information content (AvgIpc) is 2.17. The normalized spacial score (nSPS) is 19.2. The lowest BCUT2D eigenvalue weighted by atomic mass is 10.1. The largest absolute Gasteiger partial charge is 0.0616 e. The van der Waals surface area contributed by atoms with Gasteiger partial charge < -0.3 is 0 Å². The summed E-state index contributed by atoms with van der Waals surface area (Å²) < 4.78 is 0. The quantitative estimate of drug-likeness (QED) is 0.516. The van der Waals surface area contributed by atoms with Crippen molar-refractivity contribution in [2.75, 3.05) is 0 Å². The van der Waals surface area contributed by atoms with E-state index in [9.17, 15) is 0 Å². The summed E-state index contributed by atoms with van der Waals surface area (Å²) in [4.78, 5) is 0. The van der Waals surface area contributed by atoms with Gasteiger partial charge in [0.05, 0.1) is 0 Å². The van der Waals surface area contributed by atoms with Gasteiger partial charge in [-0.05, 0) is 38.3 Å². The summed E-state index contributed by atoms with van der Waals surface area (Å²) in [5.74, 6) is 0. The van der Waals surface area contributed by atoms with Gasteiger partial charge in [-0.3, -0.25) is 0 Å². The van der Waals surface area contributed by atoms with Crippen LogP contribution >= 0.6 is 0 Å². The van der Waals surface area contributed by atoms with Crippen LogP contribution in [0.25, 0.3) is 0 Å². The highest BCUT2D eigenvalue weighted by atomic mass is 14.2. The molecule has 0 heterocycles. The molecule has 0 nitrogen and oxygen atoms in total. The standard InChI is InChI=1S/C10H14/c1-5-10-6-7(2)8(3)9(10)4/h5H2,1-4H3. The molecule has 10 heavy (non-hydrogen) atoms. The van der Waals surface area contributed by atoms with Crippen LogP contribution in [0.2, 0.25) is 0 Å². The van der Waals surface area contributed by atoms with Gasteiger partial charge in [-0.1, -0.05) is 18.1 Å². The lowest BCUT2D eigenvalue weighted by Gasteiger charge is -1.97. The molecule has 0 fully saturated rings. The van der Waals surface area contributed by atoms with Crippen LogP contribution in [0.3, 0.4) is 0 Å². The minimum absolute atomic E-state index is 1.11. The van der Waals surface area contributed by atoms with E-state index < -0.39 is 0 Å². The molecule has 0 heteroatoms. The number of hydrogen-bond donors (Lipinski definition) is 0. The van der Waals surface area contributed by atoms with Gasteiger partial charge in [0, 0.05) is 6.42 Å². The molecule has 0 N–H and O–H groups in total. The molecule has 1 aliphatic rings. The van der Waals surface area contributed by atoms with Crippen molar-refractivity contribution < 1.29 is 0 Å². The summed E-state index contributed by atoms with van der Waals surface area (Å²) >= 11 is 0. The maximum atomic E-state index is 3.36. The number of hydrogen-bond acceptors (Lipinski definition) is 0. The zero-order chi connectivity index (χ0) is 7.72. The fraction of sp³-hybridized carbons (Fsp3) is 0.500. The Kier molecular flexibility index (Phi) is 1.98. The summed E-state index contributed by atoms with van der Waals surface area (Å²) in [5, 5.41) is 0. The maximum absolute atomic E-state index is 3.36. The first-order valence-corrected chi connectivity index (χ1v) is 3.81. The Hall–Kier alpha value is -0.520. The van der Waals surface area contributed by atoms with Crippen LogP contribution in [0.4, 0.5) is 0 Å². The molecule has 0 saturated heterocycles. The summed E-state index contributed by atoms with van der Waals surface area (Å²) in [7, 11) is 0. The molecular formula is C10H14. The zero-order valence-electron chi connectivity index (χ0n) is 7.21. The summed E-state index contributed by atoms with van der Waals surface area (Å²) in [6.45, 7) is 8.65. The van der Waals surface area contributed by atoms with Crippen LogP contribution in [0.5, 0.6) is 0 Å². The van der Waals surface area contributed by atoms with Gasteiger partial charge in [0.1, 0.15) is 0 Å². The third-order valence-corrected chi connectivity index (χ3v) is 2.27. The molecule has 54 valence electrons. The molecule has 0 spiro atoms. The molecule has 2 radical (unpaired) electrons. The topological polar surface area (TPSA) is 0 Å². The molecule has 0 aromatic carbocycles. The third-order valence-electron chi connectivity index (χ3n) is 2.27. The van der Waals surface area contributed by atoms with Gasteiger partial charge in [-0.25, -0.2) is 0 Å². The molecule has 1 rings (SSSR count). The van der Waals surface area contributed by atoms with E-state index in [0.29, 0.717) is 0 Å². The molecule has 1 aliphatic carbocycles. The summed E-state index contributed by atoms with van der Waals surface area (Å²) in [6, 6.07) is 0. The summed E-state index contributed by atoms with van der Waals surface area (Å²) in [6.07, 6.45) is 4.47. The van der Waals surface area contributed by atoms with Gasteiger partial charge in [-0.2, -0.15) is 0 Å². The Morgan fingerprint density at radius 3 is 1.90 bits per heavy atom. The van der Waals surface area contributed by atoms with E-state index in [2.05, 4.69) is 34.1 Å². The first kappa shape index (κ1) is 7.59. The van der Waals surface area contributed by atoms with E-state index in [0.717, 1.165) is 6.42 Å². The van der Waals surface area contributed by atoms with E-state index in [-0.39, 0.29) is 0 Å². The SMILES string of the molecule is CCC1=C(C)C(C)=C(C)[C]1. The number of allylic oxidation sites excluding steroid dienone is 4. The fourth-order valence-corrected chi connectivity index (χ4v) is 1.27. The van der Waals surface area contributed by atoms with Crippen molar-refractivity contribution in [1.29, 1.82) is 0 Å². The van der Waals surface area contributed by atoms with Crippen molar-refractivity contribution in [3.8, 4) is 0 Å². The lowest BCUT2D eigenvalue weighted by Crippen LogP contribution is -1.79. The minimum Gasteiger partial charge on any atom is -0.0616 e. The average molecular weight is 134 g/mol. The Morgan fingerprint density at radius 1 is 1.10 bits per heavy atom. The van der Waals surface area contributed by atoms with Gasteiger partial charge >= 0.3 is 0 Å². The molecule has 0 bridgehead atoms. The van der Waals surface area contributed by atoms with Gasteiger partial charge in [-0.15, -0.1) is 0 Å². The van der Waals surface area contributed by atoms with Crippen molar-refractivity contribution >= 4 is 0 Å². The minimum atomic E-state index is 1.11. The van der Waals surface area contributed by atoms with E-state index in [1.54, 1.807) is 0 Å². The predicted octanol–water partition coefficient (Wildman–Crippen LogP) is 3.14. The van der Waals surface area contributed by atoms with Gasteiger partial charge in [0.25, 0.3) is 0 Å². The van der Waals surface area contributed by atoms with Crippen molar-refractivity contribution in [2.24, 2.45) is 0 Å². The van der Waals surface area contributed by atoms with E-state index in [1.807, 2.05) is 0 Å². The van der Waals surface area contributed by atoms with Crippen molar-refractivity contribution in [1.82, 2.24) is 0 Å². The third kappa shape index (κ3) is 1.03. The molecule has 0 aromatic rings. The molecule has 0 amide bonds. The van der Waals surface area contributed by atoms with E-state index >= 15 is 0 Å². The first-order chi connectivity index (χ1) is 4.66. The van der Waals surface area contributed by atoms with Crippen LogP contribution in [0, 0.1) is 6.42 Å². The predicted molar refractivity (Wildman–Crippen MR) is 44.6 cm³/mol. The highest BCUT2D eigenvalue weighted by Gasteiger charge is 2.13. The Balaban J connectivity index is 2.89. The van der Waals surface area contributed by atoms with Crippen LogP contribution in [-0.4, -0.2) is 0 Å². The lowest BCUT2D eigenvalue weighted by molar-refractivity contribution is 1.10. The molecule has 0 aromatic heterocycles. The van der Waals surface area contributed by atoms with Crippen molar-refractivity contribution in [3.63, 3.8) is 0 Å². The highest BCUT2D eigenvalue weighted by molar-refractivity contribution is 5.51. The van der Waals surface area contributed by atoms with Gasteiger partial charge in [0.2, 0.25) is 0 Å². The zero-order valence-corrected chi connectivity index (χ0v) is 7.21. The molecule has 0 saturated carbocycles. The van der Waals surface area contributed by atoms with E-state index in [4.69, 9.17) is 0 Å². The smallest absolute Gasteiger partial charge is 0.0416 e. The number of rotatable bonds is 1. The van der Waals surface area contributed by atoms with E-state index in [1.165, 1.54) is 22.3 Å². The van der Waals surface area contributed by atoms with Crippen molar-refractivity contribution in [2.45, 2.75) is 34.1 Å². The highest BCUT2D eigenvalue weighted by Crippen LogP contribution is 2.31. The second-order valence-corrected chi connectivity index (χ2v) is 2.83. The Bertz CT molecular complexity index is 204. The monoisotopic (exact) mass is 134 g/mol. The van der Waals surface area contributed by atoms with Crippen LogP contribution in [0.1, 0.15) is 34.1 Å². The van der Waals surface area contributed by atoms with Crippen LogP contribution < -0.4 is 0 Å². The Morgan fingerprint density at radius 2 is 1.70 bits per heavy atom. The first-order valence-electron chi connectivity index (χ1n) is 3.81.